The van der Waals surface area contributed by atoms with Crippen molar-refractivity contribution in [2.45, 2.75) is 282 Å². The van der Waals surface area contributed by atoms with Crippen molar-refractivity contribution in [2.24, 2.45) is 64.1 Å². The zero-order valence-electron chi connectivity index (χ0n) is 68.9. The van der Waals surface area contributed by atoms with Crippen LogP contribution in [0.4, 0.5) is 0 Å². The number of hydrogen-bond acceptors (Lipinski definition) is 11. The summed E-state index contributed by atoms with van der Waals surface area (Å²) in [7, 11) is 2.20. The molecular formula is C82H178N10O. The second-order valence-corrected chi connectivity index (χ2v) is 35.1. The standard InChI is InChI=1S/C12H26N2.2C12H25N.C10H21N.C10H23N.C9H20N2.C9H21N.C8H17NO/c1-4-6-13-8-10-14(11-9-13)7-5-12(2)3;2*1-11(2)5-8-13-9-6-12(3,4)7-10-13;1-9(2)4-6-11-7-5-10(3)8-11;1-5-8-11(6-2)9-7-10(3)4;1-9(2)3-6-11-7-4-10-5-8-11;1-5-7-10(4)8-6-9(2)3;1-7(2)3-4-9-5-8(10)6-9/h12H,4-11H2,1-3H3;2*11H,5-10H2,1-4H3;9-10H,4-8H2,1-3H3;10H,5-9H2,1-4H3;9-10H,3-8H2,1-2H3;9H,5-8H2,1-4H3;7-8,10H,3-6H2,1-2H3. The summed E-state index contributed by atoms with van der Waals surface area (Å²) in [6, 6.07) is 0. The lowest BCUT2D eigenvalue weighted by Crippen LogP contribution is -2.50. The Hall–Kier alpha value is -0.440. The van der Waals surface area contributed by atoms with Crippen LogP contribution in [0.15, 0.2) is 0 Å². The lowest BCUT2D eigenvalue weighted by Gasteiger charge is -2.37. The predicted molar refractivity (Wildman–Crippen MR) is 420 cm³/mol. The minimum atomic E-state index is -0.0350. The van der Waals surface area contributed by atoms with E-state index in [4.69, 9.17) is 5.11 Å². The Morgan fingerprint density at radius 3 is 1.00 bits per heavy atom. The summed E-state index contributed by atoms with van der Waals surface area (Å²) in [6.45, 7) is 92.6. The van der Waals surface area contributed by atoms with Crippen LogP contribution in [0.3, 0.4) is 0 Å². The van der Waals surface area contributed by atoms with Crippen molar-refractivity contribution in [1.29, 1.82) is 0 Å². The first-order valence-corrected chi connectivity index (χ1v) is 40.6. The molecule has 0 amide bonds. The highest BCUT2D eigenvalue weighted by Crippen LogP contribution is 2.31. The van der Waals surface area contributed by atoms with Crippen molar-refractivity contribution in [3.8, 4) is 0 Å². The van der Waals surface area contributed by atoms with E-state index in [1.807, 2.05) is 0 Å². The topological polar surface area (TPSA) is 61.4 Å². The molecule has 0 aliphatic carbocycles. The Labute approximate surface area is 587 Å². The van der Waals surface area contributed by atoms with Gasteiger partial charge in [0, 0.05) is 72.0 Å². The smallest absolute Gasteiger partial charge is 0.0793 e. The average molecular weight is 1320 g/mol. The summed E-state index contributed by atoms with van der Waals surface area (Å²) >= 11 is 0. The normalized spacial score (nSPS) is 20.3. The van der Waals surface area contributed by atoms with Crippen molar-refractivity contribution in [3.05, 3.63) is 0 Å². The van der Waals surface area contributed by atoms with E-state index >= 15 is 0 Å². The molecule has 0 bridgehead atoms. The lowest BCUT2D eigenvalue weighted by atomic mass is 9.82. The Morgan fingerprint density at radius 2 is 0.688 bits per heavy atom. The van der Waals surface area contributed by atoms with E-state index in [2.05, 4.69) is 230 Å². The molecule has 2 N–H and O–H groups in total. The van der Waals surface area contributed by atoms with Gasteiger partial charge >= 0.3 is 0 Å². The van der Waals surface area contributed by atoms with Crippen molar-refractivity contribution in [2.75, 3.05) is 190 Å². The largest absolute Gasteiger partial charge is 0.390 e. The van der Waals surface area contributed by atoms with E-state index in [0.29, 0.717) is 10.8 Å². The van der Waals surface area contributed by atoms with E-state index in [0.717, 1.165) is 72.9 Å². The number of aliphatic hydroxyl groups excluding tert-OH is 1. The van der Waals surface area contributed by atoms with Crippen LogP contribution < -0.4 is 5.32 Å². The molecule has 6 fully saturated rings. The first-order valence-electron chi connectivity index (χ1n) is 40.6. The first kappa shape index (κ1) is 94.6. The van der Waals surface area contributed by atoms with Gasteiger partial charge in [-0.2, -0.15) is 0 Å². The van der Waals surface area contributed by atoms with Crippen molar-refractivity contribution >= 4 is 0 Å². The van der Waals surface area contributed by atoms with Crippen LogP contribution in [0.25, 0.3) is 0 Å². The van der Waals surface area contributed by atoms with Gasteiger partial charge in [-0.25, -0.2) is 0 Å². The van der Waals surface area contributed by atoms with Gasteiger partial charge in [0.1, 0.15) is 0 Å². The van der Waals surface area contributed by atoms with Gasteiger partial charge in [-0.1, -0.05) is 173 Å². The summed E-state index contributed by atoms with van der Waals surface area (Å²) in [5, 5.41) is 12.3. The van der Waals surface area contributed by atoms with Crippen LogP contribution in [0, 0.1) is 64.1 Å². The Balaban J connectivity index is 0. The zero-order valence-corrected chi connectivity index (χ0v) is 68.9. The number of β-amino-alcohol motifs (C(OH)–C–C–N with tert-alkyl or cyclic N) is 1. The van der Waals surface area contributed by atoms with Gasteiger partial charge in [-0.3, -0.25) is 4.90 Å². The lowest BCUT2D eigenvalue weighted by molar-refractivity contribution is 0.0000721. The monoisotopic (exact) mass is 1320 g/mol. The molecule has 0 aromatic heterocycles. The fourth-order valence-electron chi connectivity index (χ4n) is 12.0. The third-order valence-electron chi connectivity index (χ3n) is 19.9. The number of nitrogens with zero attached hydrogens (tertiary/aromatic N) is 9. The molecule has 0 aromatic rings. The van der Waals surface area contributed by atoms with E-state index in [9.17, 15) is 0 Å². The van der Waals surface area contributed by atoms with Gasteiger partial charge in [0.2, 0.25) is 0 Å². The third kappa shape index (κ3) is 61.2. The fraction of sp³-hybridized carbons (Fsp3) is 1.00. The van der Waals surface area contributed by atoms with Crippen LogP contribution in [0.5, 0.6) is 0 Å². The highest BCUT2D eigenvalue weighted by Gasteiger charge is 2.27. The van der Waals surface area contributed by atoms with Crippen LogP contribution in [-0.4, -0.2) is 246 Å². The maximum absolute atomic E-state index is 8.94. The molecule has 6 aliphatic rings. The van der Waals surface area contributed by atoms with Crippen LogP contribution in [-0.2, 0) is 0 Å². The van der Waals surface area contributed by atoms with E-state index in [-0.39, 0.29) is 6.10 Å². The molecular weight excluding hydrogens is 1140 g/mol. The van der Waals surface area contributed by atoms with Gasteiger partial charge in [-0.15, -0.1) is 0 Å². The van der Waals surface area contributed by atoms with Gasteiger partial charge in [0.15, 0.2) is 0 Å². The molecule has 6 saturated heterocycles. The van der Waals surface area contributed by atoms with Crippen molar-refractivity contribution in [3.63, 3.8) is 0 Å². The van der Waals surface area contributed by atoms with Crippen LogP contribution in [0.2, 0.25) is 0 Å². The quantitative estimate of drug-likeness (QED) is 0.0698. The summed E-state index contributed by atoms with van der Waals surface area (Å²) in [5.74, 6) is 7.71. The number of likely N-dealkylation sites (tertiary alicyclic amines) is 4. The van der Waals surface area contributed by atoms with Crippen LogP contribution >= 0.6 is 0 Å². The molecule has 11 heteroatoms. The number of aliphatic hydroxyl groups is 1. The van der Waals surface area contributed by atoms with Gasteiger partial charge in [-0.05, 0) is 285 Å². The van der Waals surface area contributed by atoms with E-state index in [1.165, 1.54) is 266 Å². The molecule has 1 unspecified atom stereocenters. The molecule has 11 nitrogen and oxygen atoms in total. The minimum absolute atomic E-state index is 0.0350. The van der Waals surface area contributed by atoms with Crippen molar-refractivity contribution < 1.29 is 5.11 Å². The average Bonchev–Trinajstić information content (AvgIpc) is 2.24. The number of rotatable bonds is 31. The SMILES string of the molecule is CC(C)CCN1CC(O)C1.CC(C)CCN1CCC(C)(C)CC1.CC(C)CCN1CCC(C)(C)CC1.CC(C)CCN1CCC(C)C1.CC(C)CCN1CCNCC1.CCCN(C)CCC(C)C.CCCN(CC)CCC(C)C.CCCN1CCN(CCC(C)C)CC1. The first-order chi connectivity index (χ1) is 43.7. The fourth-order valence-corrected chi connectivity index (χ4v) is 12.0. The van der Waals surface area contributed by atoms with E-state index < -0.39 is 0 Å². The molecule has 562 valence electrons. The highest BCUT2D eigenvalue weighted by molar-refractivity contribution is 4.81. The summed E-state index contributed by atoms with van der Waals surface area (Å²) < 4.78 is 0. The highest BCUT2D eigenvalue weighted by atomic mass is 16.3. The molecule has 1 atom stereocenters. The number of piperazine rings is 2. The Bertz CT molecular complexity index is 1460. The van der Waals surface area contributed by atoms with Crippen molar-refractivity contribution in [1.82, 2.24) is 49.4 Å². The molecule has 0 aromatic carbocycles. The van der Waals surface area contributed by atoms with Crippen LogP contribution in [0.1, 0.15) is 276 Å². The molecule has 0 saturated carbocycles. The zero-order chi connectivity index (χ0) is 70.8. The molecule has 6 rings (SSSR count). The number of hydrogen-bond donors (Lipinski definition) is 2. The Morgan fingerprint density at radius 1 is 0.366 bits per heavy atom. The molecule has 93 heavy (non-hydrogen) atoms. The van der Waals surface area contributed by atoms with Gasteiger partial charge in [0.05, 0.1) is 6.10 Å². The number of nitrogens with one attached hydrogen (secondary N) is 1. The molecule has 0 radical (unpaired) electrons. The summed E-state index contributed by atoms with van der Waals surface area (Å²) in [5.41, 5.74) is 1.21. The summed E-state index contributed by atoms with van der Waals surface area (Å²) in [4.78, 5) is 22.8. The second-order valence-electron chi connectivity index (χ2n) is 35.1. The second kappa shape index (κ2) is 58.2. The van der Waals surface area contributed by atoms with Gasteiger partial charge in [0.25, 0.3) is 0 Å². The maximum atomic E-state index is 8.94. The molecule has 0 spiro atoms. The minimum Gasteiger partial charge on any atom is -0.390 e. The van der Waals surface area contributed by atoms with Gasteiger partial charge < -0.3 is 49.6 Å². The maximum Gasteiger partial charge on any atom is 0.0793 e. The third-order valence-corrected chi connectivity index (χ3v) is 19.9. The number of piperidine rings is 2. The Kier molecular flexibility index (Phi) is 59.2. The molecule has 6 aliphatic heterocycles. The molecule has 6 heterocycles. The predicted octanol–water partition coefficient (Wildman–Crippen LogP) is 17.5. The van der Waals surface area contributed by atoms with E-state index in [1.54, 1.807) is 0 Å². The summed E-state index contributed by atoms with van der Waals surface area (Å²) in [6.07, 6.45) is 21.5.